The van der Waals surface area contributed by atoms with E-state index < -0.39 is 6.04 Å². The zero-order valence-corrected chi connectivity index (χ0v) is 11.8. The Morgan fingerprint density at radius 3 is 2.86 bits per heavy atom. The molecule has 0 saturated carbocycles. The van der Waals surface area contributed by atoms with Crippen LogP contribution < -0.4 is 10.6 Å². The van der Waals surface area contributed by atoms with E-state index in [-0.39, 0.29) is 23.7 Å². The van der Waals surface area contributed by atoms with Gasteiger partial charge in [-0.25, -0.2) is 4.39 Å². The van der Waals surface area contributed by atoms with Gasteiger partial charge in [-0.15, -0.1) is 0 Å². The highest BCUT2D eigenvalue weighted by molar-refractivity contribution is 5.88. The molecule has 0 unspecified atom stereocenters. The van der Waals surface area contributed by atoms with Gasteiger partial charge in [0.1, 0.15) is 11.9 Å². The summed E-state index contributed by atoms with van der Waals surface area (Å²) in [5.41, 5.74) is 1.97. The van der Waals surface area contributed by atoms with E-state index in [2.05, 4.69) is 10.6 Å². The van der Waals surface area contributed by atoms with Gasteiger partial charge in [0.25, 0.3) is 0 Å². The van der Waals surface area contributed by atoms with Crippen LogP contribution in [0.15, 0.2) is 18.2 Å². The molecule has 1 saturated heterocycles. The fourth-order valence-electron chi connectivity index (χ4n) is 3.19. The summed E-state index contributed by atoms with van der Waals surface area (Å²) in [6.45, 7) is 0. The molecule has 1 aromatic rings. The number of piperidine rings is 1. The summed E-state index contributed by atoms with van der Waals surface area (Å²) in [7, 11) is 0. The predicted molar refractivity (Wildman–Crippen MR) is 76.0 cm³/mol. The van der Waals surface area contributed by atoms with Crippen LogP contribution in [0.25, 0.3) is 0 Å². The summed E-state index contributed by atoms with van der Waals surface area (Å²) in [6.07, 6.45) is 4.59. The topological polar surface area (TPSA) is 58.2 Å². The van der Waals surface area contributed by atoms with Crippen LogP contribution in [0, 0.1) is 5.82 Å². The number of carbonyl (C=O) groups excluding carboxylic acids is 2. The summed E-state index contributed by atoms with van der Waals surface area (Å²) in [5, 5.41) is 5.69. The lowest BCUT2D eigenvalue weighted by atomic mass is 9.87. The maximum atomic E-state index is 13.4. The Morgan fingerprint density at radius 2 is 2.05 bits per heavy atom. The number of halogens is 1. The third-order valence-electron chi connectivity index (χ3n) is 4.29. The molecular weight excluding hydrogens is 271 g/mol. The molecule has 2 atom stereocenters. The van der Waals surface area contributed by atoms with Gasteiger partial charge < -0.3 is 10.6 Å². The summed E-state index contributed by atoms with van der Waals surface area (Å²) < 4.78 is 13.4. The molecule has 2 amide bonds. The van der Waals surface area contributed by atoms with Crippen molar-refractivity contribution in [2.75, 3.05) is 0 Å². The van der Waals surface area contributed by atoms with Gasteiger partial charge in [0.15, 0.2) is 0 Å². The third-order valence-corrected chi connectivity index (χ3v) is 4.29. The van der Waals surface area contributed by atoms with E-state index in [9.17, 15) is 14.0 Å². The Kier molecular flexibility index (Phi) is 3.90. The van der Waals surface area contributed by atoms with Crippen LogP contribution in [0.3, 0.4) is 0 Å². The molecule has 1 aliphatic heterocycles. The Labute approximate surface area is 123 Å². The molecule has 1 aromatic carbocycles. The van der Waals surface area contributed by atoms with E-state index in [0.717, 1.165) is 36.8 Å². The van der Waals surface area contributed by atoms with Gasteiger partial charge in [-0.3, -0.25) is 9.59 Å². The van der Waals surface area contributed by atoms with E-state index in [1.54, 1.807) is 6.07 Å². The van der Waals surface area contributed by atoms with Crippen molar-refractivity contribution in [3.63, 3.8) is 0 Å². The molecule has 4 nitrogen and oxygen atoms in total. The SMILES string of the molecule is O=C1CCC[C@H](C(=O)N[C@@H]2CCCc3ccc(F)cc32)N1. The van der Waals surface area contributed by atoms with Gasteiger partial charge in [0.05, 0.1) is 6.04 Å². The monoisotopic (exact) mass is 290 g/mol. The number of rotatable bonds is 2. The van der Waals surface area contributed by atoms with E-state index in [4.69, 9.17) is 0 Å². The summed E-state index contributed by atoms with van der Waals surface area (Å²) >= 11 is 0. The zero-order valence-electron chi connectivity index (χ0n) is 11.8. The van der Waals surface area contributed by atoms with Gasteiger partial charge in [0, 0.05) is 6.42 Å². The van der Waals surface area contributed by atoms with E-state index in [0.29, 0.717) is 12.8 Å². The van der Waals surface area contributed by atoms with Crippen molar-refractivity contribution in [2.24, 2.45) is 0 Å². The lowest BCUT2D eigenvalue weighted by Crippen LogP contribution is -2.50. The van der Waals surface area contributed by atoms with Gasteiger partial charge in [-0.05, 0) is 55.4 Å². The van der Waals surface area contributed by atoms with Gasteiger partial charge in [-0.2, -0.15) is 0 Å². The number of amides is 2. The number of carbonyl (C=O) groups is 2. The molecule has 2 N–H and O–H groups in total. The maximum absolute atomic E-state index is 13.4. The Morgan fingerprint density at radius 1 is 1.24 bits per heavy atom. The molecule has 112 valence electrons. The average Bonchev–Trinajstić information content (AvgIpc) is 2.48. The van der Waals surface area contributed by atoms with Crippen LogP contribution in [-0.2, 0) is 16.0 Å². The van der Waals surface area contributed by atoms with Crippen LogP contribution in [0.4, 0.5) is 4.39 Å². The fraction of sp³-hybridized carbons (Fsp3) is 0.500. The van der Waals surface area contributed by atoms with Crippen molar-refractivity contribution < 1.29 is 14.0 Å². The number of benzene rings is 1. The van der Waals surface area contributed by atoms with Crippen LogP contribution in [0.5, 0.6) is 0 Å². The second-order valence-corrected chi connectivity index (χ2v) is 5.81. The predicted octanol–water partition coefficient (Wildman–Crippen LogP) is 1.99. The first-order chi connectivity index (χ1) is 10.1. The molecule has 2 aliphatic rings. The molecule has 0 bridgehead atoms. The van der Waals surface area contributed by atoms with Crippen molar-refractivity contribution in [3.8, 4) is 0 Å². The highest BCUT2D eigenvalue weighted by Gasteiger charge is 2.28. The lowest BCUT2D eigenvalue weighted by Gasteiger charge is -2.29. The Balaban J connectivity index is 1.72. The van der Waals surface area contributed by atoms with Crippen molar-refractivity contribution >= 4 is 11.8 Å². The molecule has 3 rings (SSSR count). The summed E-state index contributed by atoms with van der Waals surface area (Å²) in [6, 6.07) is 4.16. The molecule has 21 heavy (non-hydrogen) atoms. The van der Waals surface area contributed by atoms with E-state index in [1.807, 2.05) is 0 Å². The molecule has 1 heterocycles. The fourth-order valence-corrected chi connectivity index (χ4v) is 3.19. The zero-order chi connectivity index (χ0) is 14.8. The summed E-state index contributed by atoms with van der Waals surface area (Å²) in [5.74, 6) is -0.512. The average molecular weight is 290 g/mol. The first-order valence-corrected chi connectivity index (χ1v) is 7.51. The van der Waals surface area contributed by atoms with Gasteiger partial charge >= 0.3 is 0 Å². The van der Waals surface area contributed by atoms with Gasteiger partial charge in [-0.1, -0.05) is 6.07 Å². The van der Waals surface area contributed by atoms with Crippen molar-refractivity contribution in [2.45, 2.75) is 50.6 Å². The molecule has 0 spiro atoms. The minimum atomic E-state index is -0.454. The minimum Gasteiger partial charge on any atom is -0.348 e. The van der Waals surface area contributed by atoms with E-state index >= 15 is 0 Å². The second-order valence-electron chi connectivity index (χ2n) is 5.81. The molecule has 0 radical (unpaired) electrons. The van der Waals surface area contributed by atoms with Gasteiger partial charge in [0.2, 0.25) is 11.8 Å². The normalized spacial score (nSPS) is 24.9. The molecule has 5 heteroatoms. The van der Waals surface area contributed by atoms with Crippen molar-refractivity contribution in [3.05, 3.63) is 35.1 Å². The van der Waals surface area contributed by atoms with Crippen LogP contribution in [0.1, 0.15) is 49.3 Å². The highest BCUT2D eigenvalue weighted by Crippen LogP contribution is 2.30. The number of hydrogen-bond donors (Lipinski definition) is 2. The summed E-state index contributed by atoms with van der Waals surface area (Å²) in [4.78, 5) is 23.7. The first-order valence-electron chi connectivity index (χ1n) is 7.51. The van der Waals surface area contributed by atoms with E-state index in [1.165, 1.54) is 12.1 Å². The largest absolute Gasteiger partial charge is 0.348 e. The first kappa shape index (κ1) is 14.0. The molecule has 0 aromatic heterocycles. The smallest absolute Gasteiger partial charge is 0.243 e. The van der Waals surface area contributed by atoms with Crippen LogP contribution in [-0.4, -0.2) is 17.9 Å². The highest BCUT2D eigenvalue weighted by atomic mass is 19.1. The second kappa shape index (κ2) is 5.84. The van der Waals surface area contributed by atoms with Crippen LogP contribution in [0.2, 0.25) is 0 Å². The minimum absolute atomic E-state index is 0.0727. The number of aryl methyl sites for hydroxylation is 1. The van der Waals surface area contributed by atoms with Crippen LogP contribution >= 0.6 is 0 Å². The third kappa shape index (κ3) is 3.06. The Hall–Kier alpha value is -1.91. The molecule has 1 aliphatic carbocycles. The number of nitrogens with one attached hydrogen (secondary N) is 2. The van der Waals surface area contributed by atoms with Crippen molar-refractivity contribution in [1.82, 2.24) is 10.6 Å². The molecule has 1 fully saturated rings. The molecular formula is C16H19FN2O2. The Bertz CT molecular complexity index is 573. The van der Waals surface area contributed by atoms with Crippen molar-refractivity contribution in [1.29, 1.82) is 0 Å². The maximum Gasteiger partial charge on any atom is 0.243 e. The lowest BCUT2D eigenvalue weighted by molar-refractivity contribution is -0.131. The quantitative estimate of drug-likeness (QED) is 0.875. The number of fused-ring (bicyclic) bond motifs is 1. The standard InChI is InChI=1S/C16H19FN2O2/c17-11-8-7-10-3-1-4-13(12(10)9-11)19-16(21)14-5-2-6-15(20)18-14/h7-9,13-14H,1-6H2,(H,18,20)(H,19,21)/t13-,14-/m1/s1. The number of hydrogen-bond acceptors (Lipinski definition) is 2.